The molecule has 0 N–H and O–H groups in total. The second-order valence-electron chi connectivity index (χ2n) is 33.8. The van der Waals surface area contributed by atoms with Gasteiger partial charge in [-0.1, -0.05) is 219 Å². The summed E-state index contributed by atoms with van der Waals surface area (Å²) in [7, 11) is 0. The molecule has 0 saturated carbocycles. The number of benzene rings is 13. The third-order valence-electron chi connectivity index (χ3n) is 23.4. The van der Waals surface area contributed by atoms with Crippen molar-refractivity contribution in [1.82, 2.24) is 98.7 Å². The number of hydrogen-bond acceptors (Lipinski definition) is 20. The van der Waals surface area contributed by atoms with Crippen LogP contribution in [-0.2, 0) is 101 Å². The number of aromatic nitrogens is 20. The van der Waals surface area contributed by atoms with Crippen LogP contribution in [0.1, 0.15) is 119 Å². The van der Waals surface area contributed by atoms with E-state index in [0.29, 0.717) is 98.3 Å². The van der Waals surface area contributed by atoms with E-state index in [2.05, 4.69) is 303 Å². The Balaban J connectivity index is 0.000000140. The first-order valence-corrected chi connectivity index (χ1v) is 44.7. The fourth-order valence-electron chi connectivity index (χ4n) is 17.7. The van der Waals surface area contributed by atoms with E-state index in [1.165, 1.54) is 27.8 Å². The molecule has 10 aromatic heterocycles. The van der Waals surface area contributed by atoms with Crippen molar-refractivity contribution in [3.63, 3.8) is 0 Å². The van der Waals surface area contributed by atoms with Crippen LogP contribution in [0.2, 0.25) is 0 Å². The zero-order valence-corrected chi connectivity index (χ0v) is 91.6. The van der Waals surface area contributed by atoms with Crippen LogP contribution in [0.15, 0.2) is 284 Å². The van der Waals surface area contributed by atoms with E-state index < -0.39 is 0 Å². The summed E-state index contributed by atoms with van der Waals surface area (Å²) in [4.78, 5) is 44.7. The molecule has 0 aliphatic carbocycles. The van der Waals surface area contributed by atoms with Crippen LogP contribution >= 0.6 is 0 Å². The Labute approximate surface area is 882 Å². The summed E-state index contributed by atoms with van der Waals surface area (Å²) < 4.78 is 38.5. The number of oxazole rings is 5. The number of rotatable bonds is 15. The van der Waals surface area contributed by atoms with Crippen LogP contribution in [0.5, 0.6) is 0 Å². The standard InChI is InChI=1S/C28H19N4O.C24H19N4O.C22H23N4O.C19H17N4O.C18H15N4O.5Ir/c1-19-31-25-17-9-16-24(27(25)33-19)28-29-18-30-32(28)26-22(20-10-4-2-5-11-20)14-8-15-23(26)21-12-6-3-7-13-21;1-15-12-19(18-8-5-4-6-9-18)13-16(2)22(15)28-24(25-14-26-28)20-10-7-11-21-23(20)29-17(3)27-21;1-13(2)16-8-6-9-17(14(3)4)20(16)26-22(23-12-24-26)18-10-7-11-19-21(18)27-15(5)25-19;1-11-8-12(2)17(13(3)9-11)23-19(20-10-21-23)15-6-5-7-16-18(15)24-14(4)22-16;1-11-6-4-7-12(2)16(11)22-18(19-10-20-22)14-8-5-9-15-17(14)23-13(3)21-15;;;;;/h2-15,17-18H,1H3;4-9,11-14H,1-3H3;6-9,11-14H,1-5H3;5,7-10H,1-4H3;4-7,9-10H,1-3H3;;;;;/q5*-1;;;;;. The summed E-state index contributed by atoms with van der Waals surface area (Å²) >= 11 is 0. The minimum absolute atomic E-state index is 0. The molecule has 23 aromatic rings. The first-order chi connectivity index (χ1) is 66.1. The predicted octanol–water partition coefficient (Wildman–Crippen LogP) is 25.3. The molecule has 0 unspecified atom stereocenters. The average Bonchev–Trinajstić information content (AvgIpc) is 1.69. The molecule has 25 nitrogen and oxygen atoms in total. The minimum atomic E-state index is 0. The third-order valence-corrected chi connectivity index (χ3v) is 23.4. The second kappa shape index (κ2) is 44.7. The van der Waals surface area contributed by atoms with E-state index in [1.807, 2.05) is 167 Å². The monoisotopic (exact) mass is 2750 g/mol. The molecule has 0 atom stereocenters. The van der Waals surface area contributed by atoms with Crippen LogP contribution in [0.25, 0.3) is 174 Å². The zero-order valence-electron chi connectivity index (χ0n) is 79.6. The van der Waals surface area contributed by atoms with Crippen molar-refractivity contribution < 1.29 is 123 Å². The maximum absolute atomic E-state index is 5.92. The van der Waals surface area contributed by atoms with Crippen LogP contribution < -0.4 is 0 Å². The van der Waals surface area contributed by atoms with Gasteiger partial charge in [0.05, 0.1) is 85.5 Å². The Morgan fingerprint density at radius 1 is 0.241 bits per heavy atom. The van der Waals surface area contributed by atoms with Gasteiger partial charge in [0.25, 0.3) is 0 Å². The van der Waals surface area contributed by atoms with Gasteiger partial charge in [0.2, 0.25) is 0 Å². The Kier molecular flexibility index (Phi) is 32.7. The van der Waals surface area contributed by atoms with Crippen molar-refractivity contribution in [2.75, 3.05) is 0 Å². The van der Waals surface area contributed by atoms with E-state index in [-0.39, 0.29) is 101 Å². The molecule has 23 rings (SSSR count). The average molecular weight is 2750 g/mol. The maximum atomic E-state index is 5.92. The van der Waals surface area contributed by atoms with Crippen LogP contribution in [0, 0.1) is 113 Å². The van der Waals surface area contributed by atoms with Gasteiger partial charge in [-0.3, -0.25) is 48.3 Å². The van der Waals surface area contributed by atoms with Gasteiger partial charge in [0.1, 0.15) is 31.6 Å². The summed E-state index contributed by atoms with van der Waals surface area (Å²) in [6.45, 7) is 32.6. The van der Waals surface area contributed by atoms with Crippen molar-refractivity contribution in [3.05, 3.63) is 372 Å². The second-order valence-corrected chi connectivity index (χ2v) is 33.8. The first-order valence-electron chi connectivity index (χ1n) is 44.7. The van der Waals surface area contributed by atoms with Gasteiger partial charge in [-0.2, -0.15) is 25.5 Å². The summed E-state index contributed by atoms with van der Waals surface area (Å²) in [5.41, 5.74) is 33.5. The van der Waals surface area contributed by atoms with Crippen LogP contribution in [0.4, 0.5) is 0 Å². The molecule has 0 spiro atoms. The number of para-hydroxylation sites is 3. The third kappa shape index (κ3) is 21.0. The largest absolute Gasteiger partial charge is 0.488 e. The van der Waals surface area contributed by atoms with Gasteiger partial charge in [-0.05, 0) is 139 Å². The van der Waals surface area contributed by atoms with Crippen molar-refractivity contribution in [2.45, 2.75) is 123 Å². The zero-order chi connectivity index (χ0) is 94.1. The number of fused-ring (bicyclic) bond motifs is 5. The minimum Gasteiger partial charge on any atom is -0.488 e. The van der Waals surface area contributed by atoms with Crippen molar-refractivity contribution in [1.29, 1.82) is 0 Å². The number of hydrogen-bond donors (Lipinski definition) is 0. The van der Waals surface area contributed by atoms with Gasteiger partial charge in [-0.15, -0.1) is 91.0 Å². The van der Waals surface area contributed by atoms with Crippen LogP contribution in [0.3, 0.4) is 0 Å². The van der Waals surface area contributed by atoms with E-state index in [4.69, 9.17) is 22.1 Å². The first kappa shape index (κ1) is 103. The molecule has 13 aromatic carbocycles. The molecule has 0 fully saturated rings. The van der Waals surface area contributed by atoms with E-state index in [0.717, 1.165) is 139 Å². The van der Waals surface area contributed by atoms with Crippen molar-refractivity contribution >= 4 is 55.5 Å². The molecular weight excluding hydrogens is 2650 g/mol. The normalized spacial score (nSPS) is 11.0. The van der Waals surface area contributed by atoms with Gasteiger partial charge >= 0.3 is 0 Å². The van der Waals surface area contributed by atoms with Gasteiger partial charge in [-0.25, -0.2) is 24.9 Å². The fourth-order valence-corrected chi connectivity index (χ4v) is 17.7. The molecule has 0 bridgehead atoms. The smallest absolute Gasteiger partial charge is 0.180 e. The van der Waals surface area contributed by atoms with E-state index in [1.54, 1.807) is 31.6 Å². The molecule has 10 heterocycles. The van der Waals surface area contributed by atoms with Crippen molar-refractivity contribution in [2.24, 2.45) is 0 Å². The molecule has 5 radical (unpaired) electrons. The van der Waals surface area contributed by atoms with E-state index in [9.17, 15) is 0 Å². The summed E-state index contributed by atoms with van der Waals surface area (Å²) in [5, 5.41) is 22.7. The number of aryl methyl sites for hydroxylation is 12. The van der Waals surface area contributed by atoms with Gasteiger partial charge < -0.3 is 22.1 Å². The van der Waals surface area contributed by atoms with Crippen molar-refractivity contribution in [3.8, 4) is 119 Å². The maximum Gasteiger partial charge on any atom is 0.180 e. The van der Waals surface area contributed by atoms with Crippen LogP contribution in [-0.4, -0.2) is 98.7 Å². The molecule has 30 heteroatoms. The Morgan fingerprint density at radius 3 is 0.780 bits per heavy atom. The Morgan fingerprint density at radius 2 is 0.489 bits per heavy atom. The SMILES string of the molecule is Cc1cc(C)c(-n2ncnc2-c2[c-]ccc3nc(C)oc23)c(C)c1.Cc1nc2cc[c-]c(-c3ncnn3-c3c(-c4ccccc4)cccc3-c3ccccc3)c2o1.Cc1nc2cc[c-]c(-c3ncnn3-c3c(C(C)C)cccc3C(C)C)c2o1.Cc1nc2cc[c-]c(-c3ncnn3-c3c(C)cc(-c4ccccc4)cc3C)c2o1.Cc1nc2cc[c-]c(-c3ncnn3-c3c(C)cccc3C)c2o1.[Ir].[Ir].[Ir].[Ir].[Ir]. The summed E-state index contributed by atoms with van der Waals surface area (Å²) in [5.74, 6) is 7.27. The molecule has 0 amide bonds. The summed E-state index contributed by atoms with van der Waals surface area (Å²) in [6.07, 6.45) is 7.84. The molecule has 0 saturated heterocycles. The van der Waals surface area contributed by atoms with Gasteiger partial charge in [0, 0.05) is 174 Å². The Hall–Kier alpha value is -13.8. The quantitative estimate of drug-likeness (QED) is 0.0862. The molecule has 0 aliphatic rings. The molecular formula is C111H93Ir5N20O5-5. The summed E-state index contributed by atoms with van der Waals surface area (Å²) in [6, 6.07) is 93.6. The Bertz CT molecular complexity index is 8180. The molecule has 717 valence electrons. The topological polar surface area (TPSA) is 284 Å². The van der Waals surface area contributed by atoms with Gasteiger partial charge in [0.15, 0.2) is 29.5 Å². The molecule has 141 heavy (non-hydrogen) atoms. The van der Waals surface area contributed by atoms with E-state index >= 15 is 0 Å². The fraction of sp³-hybridized carbons (Fsp3) is 0.162. The number of nitrogens with zero attached hydrogens (tertiary/aromatic N) is 20. The predicted molar refractivity (Wildman–Crippen MR) is 527 cm³/mol. The molecule has 0 aliphatic heterocycles.